The van der Waals surface area contributed by atoms with E-state index in [1.807, 2.05) is 0 Å². The van der Waals surface area contributed by atoms with Crippen molar-refractivity contribution in [3.05, 3.63) is 46.9 Å². The molecule has 0 atom stereocenters. The quantitative estimate of drug-likeness (QED) is 0.798. The molecule has 0 unspecified atom stereocenters. The minimum Gasteiger partial charge on any atom is -0.207 e. The van der Waals surface area contributed by atoms with Gasteiger partial charge in [0.1, 0.15) is 0 Å². The van der Waals surface area contributed by atoms with Crippen LogP contribution in [0.5, 0.6) is 0 Å². The Hall–Kier alpha value is -1.01. The summed E-state index contributed by atoms with van der Waals surface area (Å²) >= 11 is 0. The Morgan fingerprint density at radius 3 is 2.29 bits per heavy atom. The van der Waals surface area contributed by atoms with Crippen LogP contribution < -0.4 is 0 Å². The Kier molecular flexibility index (Phi) is 3.88. The lowest BCUT2D eigenvalue weighted by Crippen LogP contribution is -2.10. The van der Waals surface area contributed by atoms with E-state index in [1.54, 1.807) is 0 Å². The van der Waals surface area contributed by atoms with Crippen LogP contribution in [0.25, 0.3) is 0 Å². The fourth-order valence-corrected chi connectivity index (χ4v) is 1.74. The topological polar surface area (TPSA) is 34.1 Å². The van der Waals surface area contributed by atoms with Gasteiger partial charge in [-0.05, 0) is 11.6 Å². The fourth-order valence-electron chi connectivity index (χ4n) is 1.25. The first kappa shape index (κ1) is 14.1. The van der Waals surface area contributed by atoms with Gasteiger partial charge in [-0.3, -0.25) is 0 Å². The van der Waals surface area contributed by atoms with Crippen LogP contribution in [0.4, 0.5) is 13.2 Å². The average molecular weight is 285 g/mol. The third-order valence-corrected chi connectivity index (χ3v) is 3.54. The first-order valence-electron chi connectivity index (χ1n) is 4.40. The van der Waals surface area contributed by atoms with Gasteiger partial charge < -0.3 is 0 Å². The number of halogens is 4. The van der Waals surface area contributed by atoms with E-state index >= 15 is 0 Å². The first-order valence-corrected chi connectivity index (χ1v) is 6.71. The van der Waals surface area contributed by atoms with Crippen LogP contribution in [0.15, 0.2) is 35.7 Å². The van der Waals surface area contributed by atoms with E-state index in [2.05, 4.69) is 6.58 Å². The predicted molar refractivity (Wildman–Crippen MR) is 59.1 cm³/mol. The standard InChI is InChI=1S/C10H8ClF3O2S/c1-7(17(11,15)16)6-8-4-2-3-5-9(8)10(12,13)14/h2-5H,1,6H2. The summed E-state index contributed by atoms with van der Waals surface area (Å²) in [6.07, 6.45) is -4.99. The Labute approximate surface area is 101 Å². The average Bonchev–Trinajstić information content (AvgIpc) is 2.15. The molecule has 0 aliphatic rings. The van der Waals surface area contributed by atoms with Gasteiger partial charge in [0.2, 0.25) is 0 Å². The zero-order chi connectivity index (χ0) is 13.3. The second kappa shape index (κ2) is 4.70. The van der Waals surface area contributed by atoms with Gasteiger partial charge in [-0.2, -0.15) is 13.2 Å². The van der Waals surface area contributed by atoms with Gasteiger partial charge in [-0.1, -0.05) is 24.8 Å². The maximum atomic E-state index is 12.6. The monoisotopic (exact) mass is 284 g/mol. The maximum Gasteiger partial charge on any atom is 0.416 e. The number of rotatable bonds is 3. The first-order chi connectivity index (χ1) is 7.62. The highest BCUT2D eigenvalue weighted by molar-refractivity contribution is 8.16. The van der Waals surface area contributed by atoms with Crippen LogP contribution in [0, 0.1) is 0 Å². The number of benzene rings is 1. The molecular weight excluding hydrogens is 277 g/mol. The van der Waals surface area contributed by atoms with Crippen LogP contribution >= 0.6 is 10.7 Å². The normalized spacial score (nSPS) is 12.5. The number of allylic oxidation sites excluding steroid dienone is 1. The van der Waals surface area contributed by atoms with Gasteiger partial charge in [0.15, 0.2) is 0 Å². The Morgan fingerprint density at radius 2 is 1.82 bits per heavy atom. The summed E-state index contributed by atoms with van der Waals surface area (Å²) < 4.78 is 59.5. The Bertz CT molecular complexity index is 535. The van der Waals surface area contributed by atoms with Crippen molar-refractivity contribution in [2.24, 2.45) is 0 Å². The van der Waals surface area contributed by atoms with Gasteiger partial charge in [0.05, 0.1) is 10.5 Å². The summed E-state index contributed by atoms with van der Waals surface area (Å²) in [4.78, 5) is -0.462. The van der Waals surface area contributed by atoms with Crippen LogP contribution in [0.2, 0.25) is 0 Å². The Balaban J connectivity index is 3.13. The fraction of sp³-hybridized carbons (Fsp3) is 0.200. The van der Waals surface area contributed by atoms with E-state index in [1.165, 1.54) is 18.2 Å². The molecule has 0 bridgehead atoms. The summed E-state index contributed by atoms with van der Waals surface area (Å²) in [7, 11) is 0.939. The minimum atomic E-state index is -4.53. The van der Waals surface area contributed by atoms with Crippen LogP contribution in [0.1, 0.15) is 11.1 Å². The highest BCUT2D eigenvalue weighted by Crippen LogP contribution is 2.33. The molecule has 0 saturated carbocycles. The van der Waals surface area contributed by atoms with Crippen molar-refractivity contribution < 1.29 is 21.6 Å². The van der Waals surface area contributed by atoms with E-state index in [4.69, 9.17) is 10.7 Å². The van der Waals surface area contributed by atoms with E-state index in [9.17, 15) is 21.6 Å². The second-order valence-corrected chi connectivity index (χ2v) is 5.98. The molecule has 0 radical (unpaired) electrons. The zero-order valence-electron chi connectivity index (χ0n) is 8.46. The summed E-state index contributed by atoms with van der Waals surface area (Å²) in [6.45, 7) is 3.16. The predicted octanol–water partition coefficient (Wildman–Crippen LogP) is 3.33. The molecule has 7 heteroatoms. The lowest BCUT2D eigenvalue weighted by Gasteiger charge is -2.12. The highest BCUT2D eigenvalue weighted by atomic mass is 35.7. The molecule has 0 spiro atoms. The molecule has 0 saturated heterocycles. The molecule has 1 rings (SSSR count). The van der Waals surface area contributed by atoms with Crippen LogP contribution in [-0.4, -0.2) is 8.42 Å². The molecule has 1 aromatic rings. The second-order valence-electron chi connectivity index (χ2n) is 3.31. The number of hydrogen-bond acceptors (Lipinski definition) is 2. The molecule has 94 valence electrons. The third-order valence-electron chi connectivity index (χ3n) is 2.06. The number of alkyl halides is 3. The molecule has 2 nitrogen and oxygen atoms in total. The van der Waals surface area contributed by atoms with Gasteiger partial charge in [0.25, 0.3) is 9.05 Å². The Morgan fingerprint density at radius 1 is 1.29 bits per heavy atom. The van der Waals surface area contributed by atoms with Gasteiger partial charge in [-0.15, -0.1) is 0 Å². The lowest BCUT2D eigenvalue weighted by atomic mass is 10.0. The molecule has 0 fully saturated rings. The van der Waals surface area contributed by atoms with Crippen molar-refractivity contribution in [2.75, 3.05) is 0 Å². The summed E-state index contributed by atoms with van der Waals surface area (Å²) in [5.74, 6) is 0. The van der Waals surface area contributed by atoms with E-state index in [0.29, 0.717) is 0 Å². The van der Waals surface area contributed by atoms with Gasteiger partial charge in [0, 0.05) is 17.1 Å². The molecule has 0 heterocycles. The molecule has 0 aliphatic heterocycles. The van der Waals surface area contributed by atoms with Crippen LogP contribution in [0.3, 0.4) is 0 Å². The summed E-state index contributed by atoms with van der Waals surface area (Å²) in [6, 6.07) is 4.68. The molecule has 0 aliphatic carbocycles. The van der Waals surface area contributed by atoms with E-state index < -0.39 is 32.1 Å². The molecule has 0 amide bonds. The van der Waals surface area contributed by atoms with E-state index in [-0.39, 0.29) is 5.56 Å². The highest BCUT2D eigenvalue weighted by Gasteiger charge is 2.33. The van der Waals surface area contributed by atoms with Crippen LogP contribution in [-0.2, 0) is 21.6 Å². The van der Waals surface area contributed by atoms with Crippen molar-refractivity contribution in [3.63, 3.8) is 0 Å². The summed E-state index contributed by atoms with van der Waals surface area (Å²) in [5, 5.41) is 0. The van der Waals surface area contributed by atoms with Crippen molar-refractivity contribution >= 4 is 19.7 Å². The lowest BCUT2D eigenvalue weighted by molar-refractivity contribution is -0.138. The SMILES string of the molecule is C=C(Cc1ccccc1C(F)(F)F)S(=O)(=O)Cl. The molecule has 17 heavy (non-hydrogen) atoms. The largest absolute Gasteiger partial charge is 0.416 e. The smallest absolute Gasteiger partial charge is 0.207 e. The van der Waals surface area contributed by atoms with Gasteiger partial charge >= 0.3 is 6.18 Å². The molecule has 0 N–H and O–H groups in total. The molecule has 1 aromatic carbocycles. The summed E-state index contributed by atoms with van der Waals surface area (Å²) in [5.41, 5.74) is -1.06. The van der Waals surface area contributed by atoms with Crippen molar-refractivity contribution in [1.29, 1.82) is 0 Å². The van der Waals surface area contributed by atoms with Crippen molar-refractivity contribution in [1.82, 2.24) is 0 Å². The third kappa shape index (κ3) is 3.74. The van der Waals surface area contributed by atoms with Crippen molar-refractivity contribution in [3.8, 4) is 0 Å². The maximum absolute atomic E-state index is 12.6. The zero-order valence-corrected chi connectivity index (χ0v) is 10.0. The molecule has 0 aromatic heterocycles. The molecular formula is C10H8ClF3O2S. The minimum absolute atomic E-state index is 0.172. The number of hydrogen-bond donors (Lipinski definition) is 0. The van der Waals surface area contributed by atoms with E-state index in [0.717, 1.165) is 6.07 Å². The van der Waals surface area contributed by atoms with Gasteiger partial charge in [-0.25, -0.2) is 8.42 Å². The van der Waals surface area contributed by atoms with Crippen molar-refractivity contribution in [2.45, 2.75) is 12.6 Å².